The van der Waals surface area contributed by atoms with Crippen molar-refractivity contribution in [1.29, 1.82) is 0 Å². The molecule has 1 fully saturated rings. The number of rotatable bonds is 0. The zero-order valence-electron chi connectivity index (χ0n) is 6.51. The molecule has 0 aromatic heterocycles. The van der Waals surface area contributed by atoms with Gasteiger partial charge in [0.2, 0.25) is 0 Å². The van der Waals surface area contributed by atoms with E-state index in [0.717, 1.165) is 0 Å². The smallest absolute Gasteiger partial charge is 0.0880 e. The van der Waals surface area contributed by atoms with Gasteiger partial charge in [-0.1, -0.05) is 24.3 Å². The maximum atomic E-state index is 9.40. The van der Waals surface area contributed by atoms with Gasteiger partial charge in [0, 0.05) is 11.8 Å². The van der Waals surface area contributed by atoms with Crippen LogP contribution in [0.5, 0.6) is 0 Å². The van der Waals surface area contributed by atoms with E-state index < -0.39 is 12.2 Å². The van der Waals surface area contributed by atoms with Gasteiger partial charge in [-0.3, -0.25) is 0 Å². The summed E-state index contributed by atoms with van der Waals surface area (Å²) in [5, 5.41) is 18.8. The molecule has 0 aliphatic heterocycles. The molecule has 0 spiro atoms. The van der Waals surface area contributed by atoms with Crippen LogP contribution in [-0.2, 0) is 0 Å². The van der Waals surface area contributed by atoms with Gasteiger partial charge in [0.1, 0.15) is 0 Å². The molecule has 62 valence electrons. The van der Waals surface area contributed by atoms with Crippen LogP contribution in [0, 0.1) is 0 Å². The third kappa shape index (κ3) is 0.520. The van der Waals surface area contributed by atoms with E-state index in [0.29, 0.717) is 0 Å². The number of benzene rings is 1. The van der Waals surface area contributed by atoms with Gasteiger partial charge in [-0.15, -0.1) is 0 Å². The van der Waals surface area contributed by atoms with Crippen LogP contribution in [0.15, 0.2) is 24.3 Å². The molecule has 4 atom stereocenters. The van der Waals surface area contributed by atoms with E-state index in [1.807, 2.05) is 24.3 Å². The number of hydrogen-bond acceptors (Lipinski definition) is 2. The molecule has 2 aliphatic carbocycles. The fourth-order valence-electron chi connectivity index (χ4n) is 2.48. The molecular formula is C10H10O2. The van der Waals surface area contributed by atoms with E-state index in [9.17, 15) is 10.2 Å². The molecule has 0 amide bonds. The van der Waals surface area contributed by atoms with Gasteiger partial charge >= 0.3 is 0 Å². The normalized spacial score (nSPS) is 42.2. The average Bonchev–Trinajstić information content (AvgIpc) is 2.06. The number of fused-ring (bicyclic) bond motifs is 4. The molecule has 0 heterocycles. The minimum atomic E-state index is -0.523. The van der Waals surface area contributed by atoms with Crippen molar-refractivity contribution in [2.75, 3.05) is 0 Å². The highest BCUT2D eigenvalue weighted by atomic mass is 16.3. The summed E-state index contributed by atoms with van der Waals surface area (Å²) < 4.78 is 0. The summed E-state index contributed by atoms with van der Waals surface area (Å²) in [6.07, 6.45) is -1.05. The predicted molar refractivity (Wildman–Crippen MR) is 43.9 cm³/mol. The van der Waals surface area contributed by atoms with Crippen molar-refractivity contribution in [3.8, 4) is 0 Å². The molecule has 0 radical (unpaired) electrons. The second kappa shape index (κ2) is 1.90. The molecule has 1 aromatic rings. The Hall–Kier alpha value is -0.860. The van der Waals surface area contributed by atoms with E-state index >= 15 is 0 Å². The molecule has 1 saturated carbocycles. The van der Waals surface area contributed by atoms with Crippen molar-refractivity contribution in [3.05, 3.63) is 35.4 Å². The Balaban J connectivity index is 2.08. The van der Waals surface area contributed by atoms with Crippen LogP contribution in [-0.4, -0.2) is 22.4 Å². The first-order valence-electron chi connectivity index (χ1n) is 4.25. The minimum Gasteiger partial charge on any atom is -0.390 e. The van der Waals surface area contributed by atoms with E-state index in [2.05, 4.69) is 0 Å². The highest BCUT2D eigenvalue weighted by Gasteiger charge is 2.57. The van der Waals surface area contributed by atoms with Crippen LogP contribution >= 0.6 is 0 Å². The maximum absolute atomic E-state index is 9.40. The molecule has 3 rings (SSSR count). The summed E-state index contributed by atoms with van der Waals surface area (Å²) in [7, 11) is 0. The van der Waals surface area contributed by atoms with E-state index in [-0.39, 0.29) is 11.8 Å². The molecule has 2 nitrogen and oxygen atoms in total. The minimum absolute atomic E-state index is 0.219. The highest BCUT2D eigenvalue weighted by Crippen LogP contribution is 2.59. The van der Waals surface area contributed by atoms with Crippen LogP contribution < -0.4 is 0 Å². The maximum Gasteiger partial charge on any atom is 0.0880 e. The third-order valence-electron chi connectivity index (χ3n) is 3.19. The Labute approximate surface area is 70.5 Å². The predicted octanol–water partition coefficient (Wildman–Crippen LogP) is 0.603. The third-order valence-corrected chi connectivity index (χ3v) is 3.19. The fourth-order valence-corrected chi connectivity index (χ4v) is 2.48. The summed E-state index contributed by atoms with van der Waals surface area (Å²) in [6, 6.07) is 8.02. The standard InChI is InChI=1S/C10H10O2/c11-9-7-5-3-1-2-4-6(5)8(7)10(9)12/h1-4,7-12H/t7?,8?,9-,10?/m0/s1. The molecule has 0 bridgehead atoms. The van der Waals surface area contributed by atoms with Crippen LogP contribution in [0.2, 0.25) is 0 Å². The van der Waals surface area contributed by atoms with Crippen molar-refractivity contribution in [3.63, 3.8) is 0 Å². The Bertz CT molecular complexity index is 301. The summed E-state index contributed by atoms with van der Waals surface area (Å²) in [5.74, 6) is 0.437. The van der Waals surface area contributed by atoms with Crippen LogP contribution in [0.1, 0.15) is 23.0 Å². The largest absolute Gasteiger partial charge is 0.390 e. The van der Waals surface area contributed by atoms with Crippen molar-refractivity contribution in [2.45, 2.75) is 24.0 Å². The Morgan fingerprint density at radius 2 is 1.25 bits per heavy atom. The summed E-state index contributed by atoms with van der Waals surface area (Å²) >= 11 is 0. The van der Waals surface area contributed by atoms with Crippen LogP contribution in [0.25, 0.3) is 0 Å². The zero-order chi connectivity index (χ0) is 8.29. The molecule has 2 N–H and O–H groups in total. The molecule has 2 heteroatoms. The number of aliphatic hydroxyl groups excluding tert-OH is 2. The van der Waals surface area contributed by atoms with E-state index in [1.54, 1.807) is 0 Å². The lowest BCUT2D eigenvalue weighted by atomic mass is 9.52. The summed E-state index contributed by atoms with van der Waals surface area (Å²) in [5.41, 5.74) is 2.45. The van der Waals surface area contributed by atoms with Gasteiger partial charge < -0.3 is 10.2 Å². The van der Waals surface area contributed by atoms with Crippen LogP contribution in [0.3, 0.4) is 0 Å². The lowest BCUT2D eigenvalue weighted by Crippen LogP contribution is -2.57. The number of hydrogen-bond donors (Lipinski definition) is 2. The van der Waals surface area contributed by atoms with E-state index in [4.69, 9.17) is 0 Å². The van der Waals surface area contributed by atoms with Crippen molar-refractivity contribution in [2.24, 2.45) is 0 Å². The van der Waals surface area contributed by atoms with Crippen molar-refractivity contribution in [1.82, 2.24) is 0 Å². The summed E-state index contributed by atoms with van der Waals surface area (Å²) in [6.45, 7) is 0. The van der Waals surface area contributed by atoms with Gasteiger partial charge in [0.15, 0.2) is 0 Å². The van der Waals surface area contributed by atoms with Crippen LogP contribution in [0.4, 0.5) is 0 Å². The second-order valence-electron chi connectivity index (χ2n) is 3.66. The lowest BCUT2D eigenvalue weighted by Gasteiger charge is -2.55. The molecule has 12 heavy (non-hydrogen) atoms. The van der Waals surface area contributed by atoms with Crippen molar-refractivity contribution >= 4 is 0 Å². The molecule has 0 saturated heterocycles. The summed E-state index contributed by atoms with van der Waals surface area (Å²) in [4.78, 5) is 0. The van der Waals surface area contributed by atoms with Gasteiger partial charge in [-0.2, -0.15) is 0 Å². The monoisotopic (exact) mass is 162 g/mol. The van der Waals surface area contributed by atoms with E-state index in [1.165, 1.54) is 11.1 Å². The van der Waals surface area contributed by atoms with Gasteiger partial charge in [-0.05, 0) is 11.1 Å². The number of aliphatic hydroxyl groups is 2. The topological polar surface area (TPSA) is 40.5 Å². The Morgan fingerprint density at radius 3 is 1.67 bits per heavy atom. The Kier molecular flexibility index (Phi) is 1.05. The quantitative estimate of drug-likeness (QED) is 0.586. The Morgan fingerprint density at radius 1 is 0.833 bits per heavy atom. The van der Waals surface area contributed by atoms with Gasteiger partial charge in [0.05, 0.1) is 12.2 Å². The molecule has 3 unspecified atom stereocenters. The first kappa shape index (κ1) is 6.63. The zero-order valence-corrected chi connectivity index (χ0v) is 6.51. The van der Waals surface area contributed by atoms with Crippen molar-refractivity contribution < 1.29 is 10.2 Å². The average molecular weight is 162 g/mol. The second-order valence-corrected chi connectivity index (χ2v) is 3.66. The van der Waals surface area contributed by atoms with Gasteiger partial charge in [-0.25, -0.2) is 0 Å². The lowest BCUT2D eigenvalue weighted by molar-refractivity contribution is -0.107. The molecule has 1 aromatic carbocycles. The van der Waals surface area contributed by atoms with Gasteiger partial charge in [0.25, 0.3) is 0 Å². The SMILES string of the molecule is OC1C2c3ccccc3C2[C@@H]1O. The molecule has 2 aliphatic rings. The molecular weight excluding hydrogens is 152 g/mol. The first-order chi connectivity index (χ1) is 5.80. The highest BCUT2D eigenvalue weighted by molar-refractivity contribution is 5.51. The first-order valence-corrected chi connectivity index (χ1v) is 4.25. The fraction of sp³-hybridized carbons (Fsp3) is 0.400.